The van der Waals surface area contributed by atoms with Crippen molar-refractivity contribution < 1.29 is 89.4 Å². The molecule has 0 aliphatic carbocycles. The number of hydrogen-bond acceptors (Lipinski definition) is 18. The van der Waals surface area contributed by atoms with E-state index in [9.17, 15) is 61.0 Å². The number of rotatable bonds is 56. The van der Waals surface area contributed by atoms with Gasteiger partial charge in [-0.2, -0.15) is 0 Å². The fourth-order valence-electron chi connectivity index (χ4n) is 12.6. The van der Waals surface area contributed by atoms with Crippen LogP contribution in [0, 0.1) is 0 Å². The Morgan fingerprint density at radius 1 is 0.368 bits per heavy atom. The van der Waals surface area contributed by atoms with Gasteiger partial charge in [0, 0.05) is 6.42 Å². The average Bonchev–Trinajstić information content (AvgIpc) is 1.05. The molecule has 0 aromatic rings. The standard InChI is InChI=1S/C68H131NO18/c1-3-5-7-9-11-12-13-14-15-16-17-18-19-20-21-22-23-24-25-26-27-28-29-30-31-32-33-34-35-36-37-38-39-40-42-44-46-56(74)69-51(52(73)45-43-41-10-8-6-4-2)50-82-66-62(80)59(77)64(54(48-71)84-66)87-68-63(81)60(78)65(55(49-72)85-68)86-67-61(79)58(76)57(75)53(47-70)83-67/h51-55,57-68,70-73,75-81H,3-50H2,1-2H3,(H,69,74). The number of nitrogens with one attached hydrogen (secondary N) is 1. The highest BCUT2D eigenvalue weighted by Gasteiger charge is 2.53. The van der Waals surface area contributed by atoms with Crippen LogP contribution in [0.15, 0.2) is 0 Å². The van der Waals surface area contributed by atoms with Crippen LogP contribution in [0.4, 0.5) is 0 Å². The van der Waals surface area contributed by atoms with Crippen LogP contribution in [0.1, 0.15) is 296 Å². The number of hydrogen-bond donors (Lipinski definition) is 12. The molecular weight excluding hydrogens is 1120 g/mol. The van der Waals surface area contributed by atoms with Crippen molar-refractivity contribution in [3.63, 3.8) is 0 Å². The molecule has 3 saturated heterocycles. The zero-order chi connectivity index (χ0) is 63.3. The molecule has 1 amide bonds. The van der Waals surface area contributed by atoms with Crippen molar-refractivity contribution in [1.82, 2.24) is 5.32 Å². The van der Waals surface area contributed by atoms with Crippen molar-refractivity contribution in [2.45, 2.75) is 401 Å². The van der Waals surface area contributed by atoms with E-state index < -0.39 is 124 Å². The maximum absolute atomic E-state index is 13.3. The van der Waals surface area contributed by atoms with E-state index in [-0.39, 0.29) is 18.9 Å². The molecule has 87 heavy (non-hydrogen) atoms. The summed E-state index contributed by atoms with van der Waals surface area (Å²) < 4.78 is 34.2. The minimum Gasteiger partial charge on any atom is -0.394 e. The van der Waals surface area contributed by atoms with Gasteiger partial charge in [0.05, 0.1) is 38.6 Å². The van der Waals surface area contributed by atoms with Crippen molar-refractivity contribution in [2.24, 2.45) is 0 Å². The Labute approximate surface area is 525 Å². The second-order valence-electron chi connectivity index (χ2n) is 26.1. The van der Waals surface area contributed by atoms with E-state index in [1.54, 1.807) is 0 Å². The van der Waals surface area contributed by atoms with Crippen LogP contribution in [0.25, 0.3) is 0 Å². The van der Waals surface area contributed by atoms with Crippen molar-refractivity contribution >= 4 is 5.91 Å². The second kappa shape index (κ2) is 51.2. The van der Waals surface area contributed by atoms with Crippen LogP contribution < -0.4 is 5.32 Å². The van der Waals surface area contributed by atoms with Gasteiger partial charge in [-0.25, -0.2) is 0 Å². The predicted molar refractivity (Wildman–Crippen MR) is 337 cm³/mol. The number of aliphatic hydroxyl groups is 11. The van der Waals surface area contributed by atoms with Gasteiger partial charge in [-0.05, 0) is 12.8 Å². The largest absolute Gasteiger partial charge is 0.394 e. The number of amides is 1. The van der Waals surface area contributed by atoms with Gasteiger partial charge in [-0.3, -0.25) is 4.79 Å². The first-order valence-corrected chi connectivity index (χ1v) is 35.8. The molecule has 19 heteroatoms. The van der Waals surface area contributed by atoms with Gasteiger partial charge in [0.15, 0.2) is 18.9 Å². The lowest BCUT2D eigenvalue weighted by Gasteiger charge is -2.48. The lowest BCUT2D eigenvalue weighted by Crippen LogP contribution is -2.66. The van der Waals surface area contributed by atoms with E-state index in [4.69, 9.17) is 28.4 Å². The lowest BCUT2D eigenvalue weighted by atomic mass is 9.96. The fraction of sp³-hybridized carbons (Fsp3) is 0.985. The molecule has 17 unspecified atom stereocenters. The molecule has 17 atom stereocenters. The summed E-state index contributed by atoms with van der Waals surface area (Å²) in [5, 5.41) is 120. The van der Waals surface area contributed by atoms with Gasteiger partial charge in [0.1, 0.15) is 73.2 Å². The fourth-order valence-corrected chi connectivity index (χ4v) is 12.6. The van der Waals surface area contributed by atoms with Crippen molar-refractivity contribution in [3.05, 3.63) is 0 Å². The molecule has 0 bridgehead atoms. The number of carbonyl (C=O) groups is 1. The monoisotopic (exact) mass is 1250 g/mol. The van der Waals surface area contributed by atoms with Crippen LogP contribution in [0.5, 0.6) is 0 Å². The van der Waals surface area contributed by atoms with E-state index in [1.807, 2.05) is 0 Å². The summed E-state index contributed by atoms with van der Waals surface area (Å²) in [5.74, 6) is -0.242. The third-order valence-electron chi connectivity index (χ3n) is 18.4. The summed E-state index contributed by atoms with van der Waals surface area (Å²) in [6.45, 7) is 1.74. The second-order valence-corrected chi connectivity index (χ2v) is 26.1. The van der Waals surface area contributed by atoms with Crippen molar-refractivity contribution in [2.75, 3.05) is 26.4 Å². The number of unbranched alkanes of at least 4 members (excludes halogenated alkanes) is 40. The molecule has 3 rings (SSSR count). The Morgan fingerprint density at radius 3 is 1.00 bits per heavy atom. The van der Waals surface area contributed by atoms with Crippen LogP contribution >= 0.6 is 0 Å². The minimum atomic E-state index is -1.97. The first-order valence-electron chi connectivity index (χ1n) is 35.8. The highest BCUT2D eigenvalue weighted by molar-refractivity contribution is 5.76. The zero-order valence-corrected chi connectivity index (χ0v) is 54.5. The molecule has 0 aromatic carbocycles. The summed E-state index contributed by atoms with van der Waals surface area (Å²) >= 11 is 0. The Kier molecular flexibility index (Phi) is 47.1. The van der Waals surface area contributed by atoms with Gasteiger partial charge in [-0.1, -0.05) is 277 Å². The van der Waals surface area contributed by atoms with Gasteiger partial charge in [0.25, 0.3) is 0 Å². The average molecular weight is 1250 g/mol. The Morgan fingerprint density at radius 2 is 0.655 bits per heavy atom. The van der Waals surface area contributed by atoms with Crippen LogP contribution in [0.2, 0.25) is 0 Å². The van der Waals surface area contributed by atoms with E-state index >= 15 is 0 Å². The highest BCUT2D eigenvalue weighted by atomic mass is 16.8. The molecule has 516 valence electrons. The van der Waals surface area contributed by atoms with E-state index in [0.717, 1.165) is 57.8 Å². The van der Waals surface area contributed by atoms with E-state index in [1.165, 1.54) is 205 Å². The molecule has 12 N–H and O–H groups in total. The molecule has 0 spiro atoms. The van der Waals surface area contributed by atoms with E-state index in [0.29, 0.717) is 12.8 Å². The van der Waals surface area contributed by atoms with Crippen molar-refractivity contribution in [3.8, 4) is 0 Å². The molecule has 3 aliphatic rings. The summed E-state index contributed by atoms with van der Waals surface area (Å²) in [6.07, 6.45) is 28.7. The first-order chi connectivity index (χ1) is 42.3. The number of carbonyl (C=O) groups excluding carboxylic acids is 1. The third-order valence-corrected chi connectivity index (χ3v) is 18.4. The molecule has 0 aromatic heterocycles. The van der Waals surface area contributed by atoms with Gasteiger partial charge < -0.3 is 89.9 Å². The Hall–Kier alpha value is -1.21. The molecule has 3 fully saturated rings. The van der Waals surface area contributed by atoms with Crippen LogP contribution in [-0.2, 0) is 33.2 Å². The number of ether oxygens (including phenoxy) is 6. The lowest BCUT2D eigenvalue weighted by molar-refractivity contribution is -0.379. The Bertz CT molecular complexity index is 1590. The van der Waals surface area contributed by atoms with Crippen LogP contribution in [0.3, 0.4) is 0 Å². The summed E-state index contributed by atoms with van der Waals surface area (Å²) in [6, 6.07) is -0.878. The summed E-state index contributed by atoms with van der Waals surface area (Å²) in [4.78, 5) is 13.3. The van der Waals surface area contributed by atoms with Gasteiger partial charge in [-0.15, -0.1) is 0 Å². The molecule has 3 heterocycles. The first kappa shape index (κ1) is 80.0. The molecular formula is C68H131NO18. The molecule has 3 aliphatic heterocycles. The maximum Gasteiger partial charge on any atom is 0.220 e. The van der Waals surface area contributed by atoms with E-state index in [2.05, 4.69) is 19.2 Å². The quantitative estimate of drug-likeness (QED) is 0.0252. The molecule has 19 nitrogen and oxygen atoms in total. The minimum absolute atomic E-state index is 0.242. The highest BCUT2D eigenvalue weighted by Crippen LogP contribution is 2.33. The zero-order valence-electron chi connectivity index (χ0n) is 54.5. The molecule has 0 radical (unpaired) electrons. The topological polar surface area (TPSA) is 307 Å². The van der Waals surface area contributed by atoms with Crippen LogP contribution in [-0.4, -0.2) is 193 Å². The summed E-state index contributed by atoms with van der Waals surface area (Å²) in [7, 11) is 0. The summed E-state index contributed by atoms with van der Waals surface area (Å²) in [5.41, 5.74) is 0. The van der Waals surface area contributed by atoms with Crippen molar-refractivity contribution in [1.29, 1.82) is 0 Å². The normalized spacial score (nSPS) is 28.5. The van der Waals surface area contributed by atoms with Gasteiger partial charge in [0.2, 0.25) is 5.91 Å². The number of aliphatic hydroxyl groups excluding tert-OH is 11. The van der Waals surface area contributed by atoms with Gasteiger partial charge >= 0.3 is 0 Å². The third kappa shape index (κ3) is 33.5. The molecule has 0 saturated carbocycles. The Balaban J connectivity index is 1.24. The predicted octanol–water partition coefficient (Wildman–Crippen LogP) is 9.50. The SMILES string of the molecule is CCCCCCCCCCCCCCCCCCCCCCCCCCCCCCCCCCCCCCC(=O)NC(COC1OC(CO)C(OC2OC(CO)C(OC3OC(CO)C(O)C(O)C3O)C(O)C2O)C(O)C1O)C(O)CCCCCCCC. The smallest absolute Gasteiger partial charge is 0.220 e. The maximum atomic E-state index is 13.3.